The Hall–Kier alpha value is -2.58. The van der Waals surface area contributed by atoms with E-state index in [1.54, 1.807) is 18.2 Å². The number of carbonyl (C=O) groups excluding carboxylic acids is 4. The molecule has 0 aliphatic carbocycles. The zero-order valence-corrected chi connectivity index (χ0v) is 14.8. The fraction of sp³-hybridized carbons (Fsp3) is 0.474. The maximum Gasteiger partial charge on any atom is 0.262 e. The highest BCUT2D eigenvalue weighted by Gasteiger charge is 2.45. The molecule has 2 atom stereocenters. The third kappa shape index (κ3) is 3.26. The molecule has 2 fully saturated rings. The number of hydrogen-bond acceptors (Lipinski definition) is 6. The molecule has 0 spiro atoms. The van der Waals surface area contributed by atoms with Crippen molar-refractivity contribution < 1.29 is 23.9 Å². The molecule has 4 rings (SSSR count). The van der Waals surface area contributed by atoms with Crippen molar-refractivity contribution in [1.82, 2.24) is 15.5 Å². The van der Waals surface area contributed by atoms with Crippen LogP contribution in [0.25, 0.3) is 0 Å². The van der Waals surface area contributed by atoms with Gasteiger partial charge in [-0.05, 0) is 37.4 Å². The Morgan fingerprint density at radius 1 is 1.11 bits per heavy atom. The Bertz CT molecular complexity index is 816. The van der Waals surface area contributed by atoms with Gasteiger partial charge in [0.05, 0.1) is 23.8 Å². The third-order valence-corrected chi connectivity index (χ3v) is 5.28. The number of benzene rings is 1. The minimum atomic E-state index is -0.952. The number of rotatable bonds is 4. The van der Waals surface area contributed by atoms with E-state index in [0.29, 0.717) is 11.1 Å². The summed E-state index contributed by atoms with van der Waals surface area (Å²) in [6.45, 7) is 1.98. The summed E-state index contributed by atoms with van der Waals surface area (Å²) in [5, 5.41) is 5.47. The van der Waals surface area contributed by atoms with Crippen molar-refractivity contribution >= 4 is 23.6 Å². The van der Waals surface area contributed by atoms with Crippen molar-refractivity contribution in [2.24, 2.45) is 0 Å². The second kappa shape index (κ2) is 7.21. The number of ether oxygens (including phenoxy) is 1. The van der Waals surface area contributed by atoms with Crippen molar-refractivity contribution in [2.75, 3.05) is 13.1 Å². The standard InChI is InChI=1S/C19H21N3O5/c23-15-7-6-14(17(24)21-15)22-18(25)13-5-1-3-11(16(13)19(22)26)10-27-12-4-2-8-20-9-12/h1,3,5,12,14,20H,2,4,6-10H2,(H,21,23,24)/t12-,14?/m0/s1. The molecule has 1 aromatic carbocycles. The molecule has 0 radical (unpaired) electrons. The number of piperidine rings is 2. The average molecular weight is 371 g/mol. The van der Waals surface area contributed by atoms with Crippen LogP contribution in [0, 0.1) is 0 Å². The fourth-order valence-corrected chi connectivity index (χ4v) is 3.87. The van der Waals surface area contributed by atoms with Gasteiger partial charge in [0.2, 0.25) is 11.8 Å². The van der Waals surface area contributed by atoms with Gasteiger partial charge in [0.15, 0.2) is 0 Å². The maximum atomic E-state index is 13.0. The predicted octanol–water partition coefficient (Wildman–Crippen LogP) is 0.356. The summed E-state index contributed by atoms with van der Waals surface area (Å²) in [7, 11) is 0. The van der Waals surface area contributed by atoms with E-state index in [-0.39, 0.29) is 37.0 Å². The van der Waals surface area contributed by atoms with Gasteiger partial charge in [0.1, 0.15) is 6.04 Å². The van der Waals surface area contributed by atoms with Crippen molar-refractivity contribution in [3.05, 3.63) is 34.9 Å². The molecule has 3 aliphatic heterocycles. The highest BCUT2D eigenvalue weighted by molar-refractivity contribution is 6.24. The predicted molar refractivity (Wildman–Crippen MR) is 93.8 cm³/mol. The van der Waals surface area contributed by atoms with E-state index in [4.69, 9.17) is 4.74 Å². The van der Waals surface area contributed by atoms with E-state index >= 15 is 0 Å². The molecule has 142 valence electrons. The number of nitrogens with one attached hydrogen (secondary N) is 2. The summed E-state index contributed by atoms with van der Waals surface area (Å²) in [5.74, 6) is -1.98. The first-order valence-corrected chi connectivity index (χ1v) is 9.22. The van der Waals surface area contributed by atoms with Gasteiger partial charge in [-0.2, -0.15) is 0 Å². The molecule has 27 heavy (non-hydrogen) atoms. The Balaban J connectivity index is 1.55. The first-order valence-electron chi connectivity index (χ1n) is 9.22. The lowest BCUT2D eigenvalue weighted by atomic mass is 10.0. The molecule has 1 unspecified atom stereocenters. The molecule has 0 saturated carbocycles. The third-order valence-electron chi connectivity index (χ3n) is 5.28. The van der Waals surface area contributed by atoms with E-state index in [0.717, 1.165) is 30.8 Å². The summed E-state index contributed by atoms with van der Waals surface area (Å²) in [5.41, 5.74) is 1.23. The van der Waals surface area contributed by atoms with Crippen molar-refractivity contribution in [3.63, 3.8) is 0 Å². The zero-order chi connectivity index (χ0) is 19.0. The molecule has 2 saturated heterocycles. The van der Waals surface area contributed by atoms with E-state index in [1.807, 2.05) is 0 Å². The lowest BCUT2D eigenvalue weighted by Gasteiger charge is -2.28. The van der Waals surface area contributed by atoms with Gasteiger partial charge >= 0.3 is 0 Å². The van der Waals surface area contributed by atoms with Crippen molar-refractivity contribution in [3.8, 4) is 0 Å². The van der Waals surface area contributed by atoms with Gasteiger partial charge in [0, 0.05) is 13.0 Å². The van der Waals surface area contributed by atoms with Crippen molar-refractivity contribution in [1.29, 1.82) is 0 Å². The van der Waals surface area contributed by atoms with E-state index in [1.165, 1.54) is 0 Å². The summed E-state index contributed by atoms with van der Waals surface area (Å²) in [6.07, 6.45) is 2.33. The molecular formula is C19H21N3O5. The summed E-state index contributed by atoms with van der Waals surface area (Å²) >= 11 is 0. The highest BCUT2D eigenvalue weighted by Crippen LogP contribution is 2.30. The largest absolute Gasteiger partial charge is 0.372 e. The minimum Gasteiger partial charge on any atom is -0.372 e. The fourth-order valence-electron chi connectivity index (χ4n) is 3.87. The number of imide groups is 2. The van der Waals surface area contributed by atoms with Gasteiger partial charge < -0.3 is 10.1 Å². The summed E-state index contributed by atoms with van der Waals surface area (Å²) in [4.78, 5) is 50.2. The topological polar surface area (TPSA) is 105 Å². The van der Waals surface area contributed by atoms with Gasteiger partial charge in [-0.25, -0.2) is 0 Å². The number of amides is 4. The molecule has 3 aliphatic rings. The Morgan fingerprint density at radius 2 is 1.96 bits per heavy atom. The molecule has 4 amide bonds. The zero-order valence-electron chi connectivity index (χ0n) is 14.8. The second-order valence-electron chi connectivity index (χ2n) is 7.07. The van der Waals surface area contributed by atoms with Crippen LogP contribution >= 0.6 is 0 Å². The van der Waals surface area contributed by atoms with Crippen LogP contribution in [-0.2, 0) is 20.9 Å². The monoisotopic (exact) mass is 371 g/mol. The SMILES string of the molecule is O=C1CCC(N2C(=O)c3cccc(CO[C@H]4CCCNC4)c3C2=O)C(=O)N1. The minimum absolute atomic E-state index is 0.0769. The molecule has 3 heterocycles. The van der Waals surface area contributed by atoms with E-state index in [9.17, 15) is 19.2 Å². The van der Waals surface area contributed by atoms with E-state index < -0.39 is 23.8 Å². The molecule has 2 N–H and O–H groups in total. The number of nitrogens with zero attached hydrogens (tertiary/aromatic N) is 1. The first-order chi connectivity index (χ1) is 13.1. The lowest BCUT2D eigenvalue weighted by Crippen LogP contribution is -2.54. The van der Waals surface area contributed by atoms with Crippen LogP contribution in [0.1, 0.15) is 52.0 Å². The molecule has 1 aromatic rings. The number of hydrogen-bond donors (Lipinski definition) is 2. The highest BCUT2D eigenvalue weighted by atomic mass is 16.5. The van der Waals surface area contributed by atoms with Crippen LogP contribution < -0.4 is 10.6 Å². The van der Waals surface area contributed by atoms with Gasteiger partial charge in [-0.1, -0.05) is 12.1 Å². The van der Waals surface area contributed by atoms with Gasteiger partial charge in [0.25, 0.3) is 11.8 Å². The van der Waals surface area contributed by atoms with Crippen LogP contribution in [0.5, 0.6) is 0 Å². The van der Waals surface area contributed by atoms with Crippen LogP contribution in [0.15, 0.2) is 18.2 Å². The molecular weight excluding hydrogens is 350 g/mol. The molecule has 8 heteroatoms. The number of fused-ring (bicyclic) bond motifs is 1. The average Bonchev–Trinajstić information content (AvgIpc) is 2.93. The normalized spacial score (nSPS) is 25.6. The Labute approximate surface area is 156 Å². The Kier molecular flexibility index (Phi) is 4.75. The first kappa shape index (κ1) is 17.8. The lowest BCUT2D eigenvalue weighted by molar-refractivity contribution is -0.136. The van der Waals surface area contributed by atoms with Gasteiger partial charge in [-0.3, -0.25) is 29.4 Å². The quantitative estimate of drug-likeness (QED) is 0.741. The second-order valence-corrected chi connectivity index (χ2v) is 7.07. The van der Waals surface area contributed by atoms with Gasteiger partial charge in [-0.15, -0.1) is 0 Å². The van der Waals surface area contributed by atoms with Crippen LogP contribution in [0.3, 0.4) is 0 Å². The number of carbonyl (C=O) groups is 4. The van der Waals surface area contributed by atoms with E-state index in [2.05, 4.69) is 10.6 Å². The maximum absolute atomic E-state index is 13.0. The molecule has 0 aromatic heterocycles. The molecule has 8 nitrogen and oxygen atoms in total. The summed E-state index contributed by atoms with van der Waals surface area (Å²) < 4.78 is 5.93. The van der Waals surface area contributed by atoms with Crippen molar-refractivity contribution in [2.45, 2.75) is 44.4 Å². The van der Waals surface area contributed by atoms with Crippen LogP contribution in [-0.4, -0.2) is 53.8 Å². The van der Waals surface area contributed by atoms with Crippen LogP contribution in [0.4, 0.5) is 0 Å². The molecule has 0 bridgehead atoms. The summed E-state index contributed by atoms with van der Waals surface area (Å²) in [6, 6.07) is 4.13. The smallest absolute Gasteiger partial charge is 0.262 e. The van der Waals surface area contributed by atoms with Crippen LogP contribution in [0.2, 0.25) is 0 Å². The Morgan fingerprint density at radius 3 is 2.70 bits per heavy atom.